The van der Waals surface area contributed by atoms with Gasteiger partial charge >= 0.3 is 0 Å². The molecular weight excluding hydrogens is 414 g/mol. The third-order valence-corrected chi connectivity index (χ3v) is 5.66. The van der Waals surface area contributed by atoms with Crippen LogP contribution < -0.4 is 15.5 Å². The number of anilines is 2. The maximum Gasteiger partial charge on any atom is 0.239 e. The number of halogens is 1. The average Bonchev–Trinajstić information content (AvgIpc) is 2.79. The summed E-state index contributed by atoms with van der Waals surface area (Å²) in [7, 11) is 0. The minimum Gasteiger partial charge on any atom is -0.361 e. The minimum atomic E-state index is -0.157. The lowest BCUT2D eigenvalue weighted by molar-refractivity contribution is -0.120. The molecule has 1 amide bonds. The standard InChI is InChI=1S/C22H20ClN7O/c1-13(28-21-20-17(26-12-27-21)6-3-7-25-20)15-10-14-4-2-5-16(23)19(14)29-22(15)30-9-8-24-18(31)11-30/h2-7,10,12-13H,8-9,11H2,1H3,(H,24,31)(H,26,27,28). The Kier molecular flexibility index (Phi) is 4.99. The van der Waals surface area contributed by atoms with E-state index >= 15 is 0 Å². The summed E-state index contributed by atoms with van der Waals surface area (Å²) in [4.78, 5) is 32.0. The number of para-hydroxylation sites is 1. The summed E-state index contributed by atoms with van der Waals surface area (Å²) in [6, 6.07) is 11.4. The lowest BCUT2D eigenvalue weighted by atomic mass is 10.0. The van der Waals surface area contributed by atoms with E-state index < -0.39 is 0 Å². The number of pyridine rings is 2. The van der Waals surface area contributed by atoms with Crippen molar-refractivity contribution in [1.29, 1.82) is 0 Å². The molecule has 5 rings (SSSR count). The Morgan fingerprint density at radius 1 is 1.16 bits per heavy atom. The zero-order valence-corrected chi connectivity index (χ0v) is 17.6. The van der Waals surface area contributed by atoms with Gasteiger partial charge < -0.3 is 15.5 Å². The summed E-state index contributed by atoms with van der Waals surface area (Å²) >= 11 is 6.42. The van der Waals surface area contributed by atoms with Gasteiger partial charge in [0.15, 0.2) is 5.82 Å². The van der Waals surface area contributed by atoms with Gasteiger partial charge in [-0.25, -0.2) is 15.0 Å². The molecule has 1 saturated heterocycles. The number of carbonyl (C=O) groups excluding carboxylic acids is 1. The summed E-state index contributed by atoms with van der Waals surface area (Å²) in [5.74, 6) is 1.36. The van der Waals surface area contributed by atoms with Crippen molar-refractivity contribution < 1.29 is 4.79 Å². The van der Waals surface area contributed by atoms with Crippen LogP contribution in [0.3, 0.4) is 0 Å². The second-order valence-electron chi connectivity index (χ2n) is 7.44. The second-order valence-corrected chi connectivity index (χ2v) is 7.85. The zero-order chi connectivity index (χ0) is 21.4. The van der Waals surface area contributed by atoms with Crippen molar-refractivity contribution in [2.75, 3.05) is 29.9 Å². The Morgan fingerprint density at radius 2 is 2.06 bits per heavy atom. The predicted octanol–water partition coefficient (Wildman–Crippen LogP) is 3.34. The quantitative estimate of drug-likeness (QED) is 0.509. The fourth-order valence-corrected chi connectivity index (χ4v) is 4.07. The van der Waals surface area contributed by atoms with Crippen molar-refractivity contribution in [2.45, 2.75) is 13.0 Å². The second kappa shape index (κ2) is 7.96. The monoisotopic (exact) mass is 433 g/mol. The van der Waals surface area contributed by atoms with E-state index in [9.17, 15) is 4.79 Å². The Labute approximate surface area is 183 Å². The molecule has 1 aliphatic rings. The maximum atomic E-state index is 12.0. The molecule has 1 aliphatic heterocycles. The molecule has 8 nitrogen and oxygen atoms in total. The molecule has 0 radical (unpaired) electrons. The summed E-state index contributed by atoms with van der Waals surface area (Å²) in [6.07, 6.45) is 3.24. The van der Waals surface area contributed by atoms with Gasteiger partial charge in [0.1, 0.15) is 17.7 Å². The zero-order valence-electron chi connectivity index (χ0n) is 16.8. The van der Waals surface area contributed by atoms with E-state index in [0.717, 1.165) is 27.8 Å². The molecule has 3 aromatic heterocycles. The molecule has 0 spiro atoms. The lowest BCUT2D eigenvalue weighted by Gasteiger charge is -2.31. The molecule has 156 valence electrons. The van der Waals surface area contributed by atoms with E-state index in [-0.39, 0.29) is 18.5 Å². The molecule has 1 aromatic carbocycles. The highest BCUT2D eigenvalue weighted by Gasteiger charge is 2.24. The molecule has 0 bridgehead atoms. The Hall–Kier alpha value is -3.52. The van der Waals surface area contributed by atoms with Gasteiger partial charge in [-0.2, -0.15) is 0 Å². The number of hydrogen-bond donors (Lipinski definition) is 2. The first-order chi connectivity index (χ1) is 15.1. The third kappa shape index (κ3) is 3.70. The number of nitrogens with one attached hydrogen (secondary N) is 2. The van der Waals surface area contributed by atoms with Gasteiger partial charge in [-0.3, -0.25) is 9.78 Å². The number of aromatic nitrogens is 4. The van der Waals surface area contributed by atoms with E-state index in [1.165, 1.54) is 6.33 Å². The molecule has 4 aromatic rings. The summed E-state index contributed by atoms with van der Waals surface area (Å²) < 4.78 is 0. The van der Waals surface area contributed by atoms with Crippen LogP contribution in [-0.2, 0) is 4.79 Å². The van der Waals surface area contributed by atoms with Crippen LogP contribution in [0.2, 0.25) is 5.02 Å². The summed E-state index contributed by atoms with van der Waals surface area (Å²) in [6.45, 7) is 3.54. The molecule has 4 heterocycles. The number of fused-ring (bicyclic) bond motifs is 2. The molecular formula is C22H20ClN7O. The Balaban J connectivity index is 1.60. The topological polar surface area (TPSA) is 95.9 Å². The van der Waals surface area contributed by atoms with Crippen LogP contribution >= 0.6 is 11.6 Å². The van der Waals surface area contributed by atoms with Gasteiger partial charge in [-0.05, 0) is 31.2 Å². The maximum absolute atomic E-state index is 12.0. The largest absolute Gasteiger partial charge is 0.361 e. The van der Waals surface area contributed by atoms with Crippen LogP contribution in [-0.4, -0.2) is 45.5 Å². The van der Waals surface area contributed by atoms with Crippen molar-refractivity contribution in [3.8, 4) is 0 Å². The summed E-state index contributed by atoms with van der Waals surface area (Å²) in [5.41, 5.74) is 3.14. The SMILES string of the molecule is CC(Nc1ncnc2cccnc12)c1cc2cccc(Cl)c2nc1N1CCNC(=O)C1. The first-order valence-corrected chi connectivity index (χ1v) is 10.4. The molecule has 1 fully saturated rings. The van der Waals surface area contributed by atoms with Gasteiger partial charge in [0.05, 0.1) is 28.6 Å². The third-order valence-electron chi connectivity index (χ3n) is 5.36. The molecule has 9 heteroatoms. The number of piperazine rings is 1. The van der Waals surface area contributed by atoms with E-state index in [4.69, 9.17) is 16.6 Å². The fourth-order valence-electron chi connectivity index (χ4n) is 3.84. The van der Waals surface area contributed by atoms with E-state index in [1.54, 1.807) is 6.20 Å². The predicted molar refractivity (Wildman–Crippen MR) is 121 cm³/mol. The number of hydrogen-bond acceptors (Lipinski definition) is 7. The van der Waals surface area contributed by atoms with E-state index in [1.807, 2.05) is 42.2 Å². The highest BCUT2D eigenvalue weighted by molar-refractivity contribution is 6.35. The van der Waals surface area contributed by atoms with Gasteiger partial charge in [0, 0.05) is 30.2 Å². The smallest absolute Gasteiger partial charge is 0.239 e. The van der Waals surface area contributed by atoms with E-state index in [2.05, 4.69) is 31.7 Å². The van der Waals surface area contributed by atoms with Gasteiger partial charge in [-0.1, -0.05) is 23.7 Å². The van der Waals surface area contributed by atoms with Gasteiger partial charge in [0.2, 0.25) is 5.91 Å². The van der Waals surface area contributed by atoms with Gasteiger partial charge in [-0.15, -0.1) is 0 Å². The van der Waals surface area contributed by atoms with Crippen molar-refractivity contribution >= 4 is 51.1 Å². The highest BCUT2D eigenvalue weighted by atomic mass is 35.5. The Morgan fingerprint density at radius 3 is 2.94 bits per heavy atom. The fraction of sp³-hybridized carbons (Fsp3) is 0.227. The first-order valence-electron chi connectivity index (χ1n) is 10.0. The number of rotatable bonds is 4. The molecule has 1 atom stereocenters. The van der Waals surface area contributed by atoms with Crippen molar-refractivity contribution in [3.63, 3.8) is 0 Å². The highest BCUT2D eigenvalue weighted by Crippen LogP contribution is 2.33. The lowest BCUT2D eigenvalue weighted by Crippen LogP contribution is -2.48. The summed E-state index contributed by atoms with van der Waals surface area (Å²) in [5, 5.41) is 7.84. The van der Waals surface area contributed by atoms with Crippen LogP contribution in [0.25, 0.3) is 21.9 Å². The molecule has 0 aliphatic carbocycles. The van der Waals surface area contributed by atoms with Crippen molar-refractivity contribution in [3.05, 3.63) is 59.5 Å². The number of nitrogens with zero attached hydrogens (tertiary/aromatic N) is 5. The van der Waals surface area contributed by atoms with Crippen LogP contribution in [0.15, 0.2) is 48.9 Å². The number of amides is 1. The first kappa shape index (κ1) is 19.4. The Bertz CT molecular complexity index is 1290. The van der Waals surface area contributed by atoms with Crippen molar-refractivity contribution in [2.24, 2.45) is 0 Å². The van der Waals surface area contributed by atoms with E-state index in [0.29, 0.717) is 29.4 Å². The van der Waals surface area contributed by atoms with Crippen LogP contribution in [0.4, 0.5) is 11.6 Å². The van der Waals surface area contributed by atoms with Crippen LogP contribution in [0, 0.1) is 0 Å². The normalized spacial score (nSPS) is 15.2. The number of benzene rings is 1. The molecule has 31 heavy (non-hydrogen) atoms. The van der Waals surface area contributed by atoms with Crippen molar-refractivity contribution in [1.82, 2.24) is 25.3 Å². The number of carbonyl (C=O) groups is 1. The minimum absolute atomic E-state index is 0.0233. The molecule has 2 N–H and O–H groups in total. The molecule has 1 unspecified atom stereocenters. The van der Waals surface area contributed by atoms with Crippen LogP contribution in [0.1, 0.15) is 18.5 Å². The van der Waals surface area contributed by atoms with Gasteiger partial charge in [0.25, 0.3) is 0 Å². The molecule has 0 saturated carbocycles. The average molecular weight is 434 g/mol. The van der Waals surface area contributed by atoms with Crippen LogP contribution in [0.5, 0.6) is 0 Å².